The van der Waals surface area contributed by atoms with Crippen LogP contribution in [0.3, 0.4) is 0 Å². The largest absolute Gasteiger partial charge is 0.256 e. The zero-order chi connectivity index (χ0) is 13.0. The van der Waals surface area contributed by atoms with E-state index in [-0.39, 0.29) is 16.2 Å². The zero-order valence-electron chi connectivity index (χ0n) is 9.27. The Morgan fingerprint density at radius 3 is 2.72 bits per heavy atom. The summed E-state index contributed by atoms with van der Waals surface area (Å²) >= 11 is 5.90. The van der Waals surface area contributed by atoms with Gasteiger partial charge in [-0.3, -0.25) is 4.98 Å². The van der Waals surface area contributed by atoms with Gasteiger partial charge in [0.15, 0.2) is 0 Å². The molecule has 0 N–H and O–H groups in total. The van der Waals surface area contributed by atoms with Gasteiger partial charge in [-0.15, -0.1) is 0 Å². The number of hydrogen-bond acceptors (Lipinski definition) is 2. The minimum atomic E-state index is -0.466. The molecular formula is C14H8ClFN2. The molecular weight excluding hydrogens is 251 g/mol. The maximum absolute atomic E-state index is 13.6. The highest BCUT2D eigenvalue weighted by atomic mass is 35.5. The fourth-order valence-electron chi connectivity index (χ4n) is 1.48. The van der Waals surface area contributed by atoms with E-state index in [1.165, 1.54) is 18.2 Å². The number of rotatable bonds is 2. The summed E-state index contributed by atoms with van der Waals surface area (Å²) in [6.07, 6.45) is 2.98. The number of halogens is 2. The molecule has 2 rings (SSSR count). The molecule has 0 aliphatic heterocycles. The second-order valence-corrected chi connectivity index (χ2v) is 3.93. The third kappa shape index (κ3) is 2.55. The Kier molecular flexibility index (Phi) is 3.71. The van der Waals surface area contributed by atoms with Crippen LogP contribution in [0.2, 0.25) is 5.02 Å². The summed E-state index contributed by atoms with van der Waals surface area (Å²) in [5.41, 5.74) is 0.947. The van der Waals surface area contributed by atoms with E-state index in [1.807, 2.05) is 6.07 Å². The quantitative estimate of drug-likeness (QED) is 0.765. The lowest BCUT2D eigenvalue weighted by atomic mass is 10.1. The van der Waals surface area contributed by atoms with Crippen molar-refractivity contribution >= 4 is 23.3 Å². The van der Waals surface area contributed by atoms with Gasteiger partial charge in [-0.1, -0.05) is 23.7 Å². The molecule has 4 heteroatoms. The fraction of sp³-hybridized carbons (Fsp3) is 0. The lowest BCUT2D eigenvalue weighted by molar-refractivity contribution is 0.625. The van der Waals surface area contributed by atoms with Crippen LogP contribution in [-0.2, 0) is 0 Å². The van der Waals surface area contributed by atoms with Gasteiger partial charge in [0.1, 0.15) is 11.9 Å². The van der Waals surface area contributed by atoms with E-state index in [9.17, 15) is 4.39 Å². The summed E-state index contributed by atoms with van der Waals surface area (Å²) in [5, 5.41) is 9.36. The summed E-state index contributed by atoms with van der Waals surface area (Å²) < 4.78 is 13.6. The van der Waals surface area contributed by atoms with Gasteiger partial charge in [-0.2, -0.15) is 5.26 Å². The van der Waals surface area contributed by atoms with Crippen LogP contribution in [0.1, 0.15) is 11.3 Å². The van der Waals surface area contributed by atoms with E-state index in [4.69, 9.17) is 16.9 Å². The molecule has 0 spiro atoms. The minimum absolute atomic E-state index is 0.196. The van der Waals surface area contributed by atoms with Crippen molar-refractivity contribution in [3.8, 4) is 6.07 Å². The van der Waals surface area contributed by atoms with Crippen molar-refractivity contribution < 1.29 is 4.39 Å². The molecule has 1 aromatic carbocycles. The topological polar surface area (TPSA) is 36.7 Å². The SMILES string of the molecule is N#C/C(=C\c1c(F)cccc1Cl)c1ccccn1. The second kappa shape index (κ2) is 5.44. The summed E-state index contributed by atoms with van der Waals surface area (Å²) in [6.45, 7) is 0. The Balaban J connectivity index is 2.53. The van der Waals surface area contributed by atoms with Crippen LogP contribution in [0.15, 0.2) is 42.6 Å². The van der Waals surface area contributed by atoms with Crippen LogP contribution >= 0.6 is 11.6 Å². The van der Waals surface area contributed by atoms with Crippen molar-refractivity contribution in [2.45, 2.75) is 0 Å². The maximum atomic E-state index is 13.6. The monoisotopic (exact) mass is 258 g/mol. The smallest absolute Gasteiger partial charge is 0.131 e. The van der Waals surface area contributed by atoms with Crippen LogP contribution in [-0.4, -0.2) is 4.98 Å². The van der Waals surface area contributed by atoms with Crippen LogP contribution < -0.4 is 0 Å². The molecule has 0 radical (unpaired) electrons. The Morgan fingerprint density at radius 2 is 2.11 bits per heavy atom. The average Bonchev–Trinajstić information content (AvgIpc) is 2.40. The zero-order valence-corrected chi connectivity index (χ0v) is 10.0. The molecule has 88 valence electrons. The normalized spacial score (nSPS) is 11.1. The standard InChI is InChI=1S/C14H8ClFN2/c15-12-4-3-5-13(16)11(12)8-10(9-17)14-6-1-2-7-18-14/h1-8H/b10-8+. The van der Waals surface area contributed by atoms with Gasteiger partial charge in [-0.05, 0) is 30.3 Å². The second-order valence-electron chi connectivity index (χ2n) is 3.52. The van der Waals surface area contributed by atoms with Crippen LogP contribution in [0, 0.1) is 17.1 Å². The Bertz CT molecular complexity index is 610. The predicted molar refractivity (Wildman–Crippen MR) is 69.1 cm³/mol. The molecule has 0 saturated heterocycles. The van der Waals surface area contributed by atoms with E-state index in [0.29, 0.717) is 5.69 Å². The van der Waals surface area contributed by atoms with Crippen LogP contribution in [0.5, 0.6) is 0 Å². The maximum Gasteiger partial charge on any atom is 0.131 e. The first kappa shape index (κ1) is 12.3. The van der Waals surface area contributed by atoms with Crippen LogP contribution in [0.25, 0.3) is 11.6 Å². The molecule has 1 heterocycles. The molecule has 0 bridgehead atoms. The molecule has 2 nitrogen and oxygen atoms in total. The van der Waals surface area contributed by atoms with E-state index in [2.05, 4.69) is 4.98 Å². The summed E-state index contributed by atoms with van der Waals surface area (Å²) in [7, 11) is 0. The molecule has 0 atom stereocenters. The number of nitriles is 1. The van der Waals surface area contributed by atoms with Gasteiger partial charge in [-0.25, -0.2) is 4.39 Å². The van der Waals surface area contributed by atoms with Crippen molar-refractivity contribution in [2.24, 2.45) is 0 Å². The van der Waals surface area contributed by atoms with E-state index in [1.54, 1.807) is 30.5 Å². The number of nitrogens with zero attached hydrogens (tertiary/aromatic N) is 2. The van der Waals surface area contributed by atoms with Crippen LogP contribution in [0.4, 0.5) is 4.39 Å². The number of allylic oxidation sites excluding steroid dienone is 1. The van der Waals surface area contributed by atoms with Crippen molar-refractivity contribution in [2.75, 3.05) is 0 Å². The molecule has 0 saturated carbocycles. The minimum Gasteiger partial charge on any atom is -0.256 e. The number of benzene rings is 1. The molecule has 0 unspecified atom stereocenters. The van der Waals surface area contributed by atoms with Gasteiger partial charge in [0.05, 0.1) is 16.3 Å². The first-order valence-electron chi connectivity index (χ1n) is 5.19. The van der Waals surface area contributed by atoms with Gasteiger partial charge in [0.25, 0.3) is 0 Å². The first-order valence-corrected chi connectivity index (χ1v) is 5.57. The Morgan fingerprint density at radius 1 is 1.28 bits per heavy atom. The fourth-order valence-corrected chi connectivity index (χ4v) is 1.70. The van der Waals surface area contributed by atoms with Gasteiger partial charge >= 0.3 is 0 Å². The van der Waals surface area contributed by atoms with Crippen molar-refractivity contribution in [3.63, 3.8) is 0 Å². The molecule has 0 aliphatic rings. The molecule has 2 aromatic rings. The lowest BCUT2D eigenvalue weighted by Gasteiger charge is -2.02. The number of hydrogen-bond donors (Lipinski definition) is 0. The van der Waals surface area contributed by atoms with Crippen molar-refractivity contribution in [3.05, 3.63) is 64.7 Å². The van der Waals surface area contributed by atoms with E-state index < -0.39 is 5.82 Å². The van der Waals surface area contributed by atoms with Crippen molar-refractivity contribution in [1.82, 2.24) is 4.98 Å². The van der Waals surface area contributed by atoms with E-state index in [0.717, 1.165) is 0 Å². The third-order valence-electron chi connectivity index (χ3n) is 2.35. The molecule has 0 fully saturated rings. The van der Waals surface area contributed by atoms with Gasteiger partial charge in [0, 0.05) is 11.8 Å². The molecule has 0 amide bonds. The highest BCUT2D eigenvalue weighted by Crippen LogP contribution is 2.24. The summed E-state index contributed by atoms with van der Waals surface area (Å²) in [4.78, 5) is 4.05. The highest BCUT2D eigenvalue weighted by Gasteiger charge is 2.07. The Hall–Kier alpha value is -2.18. The molecule has 18 heavy (non-hydrogen) atoms. The lowest BCUT2D eigenvalue weighted by Crippen LogP contribution is -1.88. The van der Waals surface area contributed by atoms with E-state index >= 15 is 0 Å². The van der Waals surface area contributed by atoms with Gasteiger partial charge < -0.3 is 0 Å². The first-order chi connectivity index (χ1) is 8.72. The molecule has 0 aliphatic carbocycles. The summed E-state index contributed by atoms with van der Waals surface area (Å²) in [6, 6.07) is 11.6. The Labute approximate surface area is 109 Å². The number of aromatic nitrogens is 1. The molecule has 1 aromatic heterocycles. The van der Waals surface area contributed by atoms with Gasteiger partial charge in [0.2, 0.25) is 0 Å². The average molecular weight is 259 g/mol. The predicted octanol–water partition coefficient (Wildman–Crippen LogP) is 3.94. The highest BCUT2D eigenvalue weighted by molar-refractivity contribution is 6.32. The summed E-state index contributed by atoms with van der Waals surface area (Å²) in [5.74, 6) is -0.466. The number of pyridine rings is 1. The van der Waals surface area contributed by atoms with Crippen molar-refractivity contribution in [1.29, 1.82) is 5.26 Å². The third-order valence-corrected chi connectivity index (χ3v) is 2.68.